The molecule has 1 unspecified atom stereocenters. The van der Waals surface area contributed by atoms with Gasteiger partial charge in [-0.2, -0.15) is 4.98 Å². The standard InChI is InChI=1S/C15H27N3O2/c1-6-12(4)18(9-10-19-5)14-8-7-13(16)15(17-14)20-11(2)3/h7-8,11-12H,6,9-10,16H2,1-5H3. The Balaban J connectivity index is 3.00. The maximum Gasteiger partial charge on any atom is 0.239 e. The van der Waals surface area contributed by atoms with Gasteiger partial charge in [-0.25, -0.2) is 0 Å². The molecule has 1 heterocycles. The third kappa shape index (κ3) is 4.56. The lowest BCUT2D eigenvalue weighted by molar-refractivity contribution is 0.202. The van der Waals surface area contributed by atoms with Gasteiger partial charge in [-0.3, -0.25) is 0 Å². The van der Waals surface area contributed by atoms with Crippen molar-refractivity contribution in [3.8, 4) is 5.88 Å². The fourth-order valence-electron chi connectivity index (χ4n) is 1.89. The lowest BCUT2D eigenvalue weighted by atomic mass is 10.2. The summed E-state index contributed by atoms with van der Waals surface area (Å²) in [6.07, 6.45) is 1.09. The Morgan fingerprint density at radius 1 is 1.30 bits per heavy atom. The molecule has 0 aliphatic carbocycles. The maximum atomic E-state index is 5.92. The quantitative estimate of drug-likeness (QED) is 0.794. The van der Waals surface area contributed by atoms with Gasteiger partial charge in [-0.15, -0.1) is 0 Å². The van der Waals surface area contributed by atoms with E-state index >= 15 is 0 Å². The van der Waals surface area contributed by atoms with Crippen molar-refractivity contribution in [3.05, 3.63) is 12.1 Å². The van der Waals surface area contributed by atoms with Crippen LogP contribution in [-0.2, 0) is 4.74 Å². The first-order valence-corrected chi connectivity index (χ1v) is 7.18. The molecule has 1 rings (SSSR count). The Kier molecular flexibility index (Phi) is 6.58. The van der Waals surface area contributed by atoms with Gasteiger partial charge in [-0.05, 0) is 39.3 Å². The summed E-state index contributed by atoms with van der Waals surface area (Å²) >= 11 is 0. The minimum Gasteiger partial charge on any atom is -0.473 e. The van der Waals surface area contributed by atoms with Crippen molar-refractivity contribution in [2.45, 2.75) is 46.3 Å². The predicted octanol–water partition coefficient (Wildman–Crippen LogP) is 2.70. The molecule has 0 fully saturated rings. The molecule has 1 aromatic rings. The lowest BCUT2D eigenvalue weighted by Gasteiger charge is -2.30. The predicted molar refractivity (Wildman–Crippen MR) is 83.4 cm³/mol. The van der Waals surface area contributed by atoms with Gasteiger partial charge in [0, 0.05) is 19.7 Å². The Hall–Kier alpha value is -1.49. The first-order valence-electron chi connectivity index (χ1n) is 7.18. The van der Waals surface area contributed by atoms with Crippen molar-refractivity contribution in [1.82, 2.24) is 4.98 Å². The molecule has 0 saturated carbocycles. The van der Waals surface area contributed by atoms with Gasteiger partial charge in [0.2, 0.25) is 5.88 Å². The molecule has 0 bridgehead atoms. The summed E-state index contributed by atoms with van der Waals surface area (Å²) < 4.78 is 10.8. The molecule has 114 valence electrons. The molecule has 20 heavy (non-hydrogen) atoms. The number of methoxy groups -OCH3 is 1. The number of nitrogen functional groups attached to an aromatic ring is 1. The summed E-state index contributed by atoms with van der Waals surface area (Å²) in [4.78, 5) is 6.78. The number of ether oxygens (including phenoxy) is 2. The minimum absolute atomic E-state index is 0.0519. The van der Waals surface area contributed by atoms with Gasteiger partial charge in [0.25, 0.3) is 0 Å². The number of hydrogen-bond acceptors (Lipinski definition) is 5. The van der Waals surface area contributed by atoms with E-state index in [2.05, 4.69) is 23.7 Å². The highest BCUT2D eigenvalue weighted by Gasteiger charge is 2.16. The summed E-state index contributed by atoms with van der Waals surface area (Å²) in [5.41, 5.74) is 6.48. The van der Waals surface area contributed by atoms with E-state index in [0.717, 1.165) is 18.8 Å². The van der Waals surface area contributed by atoms with Crippen LogP contribution in [0.3, 0.4) is 0 Å². The molecule has 0 aliphatic heterocycles. The van der Waals surface area contributed by atoms with Crippen LogP contribution >= 0.6 is 0 Å². The van der Waals surface area contributed by atoms with E-state index in [1.165, 1.54) is 0 Å². The zero-order valence-electron chi connectivity index (χ0n) is 13.2. The van der Waals surface area contributed by atoms with Crippen LogP contribution in [0.1, 0.15) is 34.1 Å². The van der Waals surface area contributed by atoms with Gasteiger partial charge >= 0.3 is 0 Å². The van der Waals surface area contributed by atoms with E-state index in [0.29, 0.717) is 24.2 Å². The van der Waals surface area contributed by atoms with Crippen molar-refractivity contribution in [2.75, 3.05) is 30.9 Å². The van der Waals surface area contributed by atoms with E-state index in [1.54, 1.807) is 7.11 Å². The van der Waals surface area contributed by atoms with Crippen LogP contribution in [-0.4, -0.2) is 37.4 Å². The number of nitrogens with two attached hydrogens (primary N) is 1. The highest BCUT2D eigenvalue weighted by atomic mass is 16.5. The topological polar surface area (TPSA) is 60.6 Å². The fourth-order valence-corrected chi connectivity index (χ4v) is 1.89. The fraction of sp³-hybridized carbons (Fsp3) is 0.667. The second-order valence-electron chi connectivity index (χ2n) is 5.17. The van der Waals surface area contributed by atoms with Crippen LogP contribution < -0.4 is 15.4 Å². The summed E-state index contributed by atoms with van der Waals surface area (Å²) in [6, 6.07) is 4.17. The van der Waals surface area contributed by atoms with Crippen LogP contribution in [0.5, 0.6) is 5.88 Å². The molecule has 0 saturated heterocycles. The molecule has 0 radical (unpaired) electrons. The molecule has 0 spiro atoms. The highest BCUT2D eigenvalue weighted by Crippen LogP contribution is 2.25. The van der Waals surface area contributed by atoms with Crippen molar-refractivity contribution in [3.63, 3.8) is 0 Å². The molecular formula is C15H27N3O2. The zero-order chi connectivity index (χ0) is 15.1. The van der Waals surface area contributed by atoms with E-state index in [-0.39, 0.29) is 6.10 Å². The average molecular weight is 281 g/mol. The van der Waals surface area contributed by atoms with Crippen molar-refractivity contribution in [1.29, 1.82) is 0 Å². The Morgan fingerprint density at radius 3 is 2.55 bits per heavy atom. The third-order valence-electron chi connectivity index (χ3n) is 3.18. The van der Waals surface area contributed by atoms with E-state index < -0.39 is 0 Å². The number of hydrogen-bond donors (Lipinski definition) is 1. The summed E-state index contributed by atoms with van der Waals surface area (Å²) in [7, 11) is 1.71. The smallest absolute Gasteiger partial charge is 0.239 e. The molecule has 0 aromatic carbocycles. The van der Waals surface area contributed by atoms with Crippen LogP contribution in [0.2, 0.25) is 0 Å². The molecule has 0 amide bonds. The largest absolute Gasteiger partial charge is 0.473 e. The van der Waals surface area contributed by atoms with Crippen LogP contribution in [0, 0.1) is 0 Å². The molecular weight excluding hydrogens is 254 g/mol. The SMILES string of the molecule is CCC(C)N(CCOC)c1ccc(N)c(OC(C)C)n1. The number of rotatable bonds is 8. The molecule has 1 aromatic heterocycles. The second kappa shape index (κ2) is 7.94. The van der Waals surface area contributed by atoms with Crippen LogP contribution in [0.4, 0.5) is 11.5 Å². The number of pyridine rings is 1. The first kappa shape index (κ1) is 16.6. The van der Waals surface area contributed by atoms with Crippen LogP contribution in [0.25, 0.3) is 0 Å². The zero-order valence-corrected chi connectivity index (χ0v) is 13.2. The van der Waals surface area contributed by atoms with Gasteiger partial charge in [-0.1, -0.05) is 6.92 Å². The lowest BCUT2D eigenvalue weighted by Crippen LogP contribution is -2.36. The minimum atomic E-state index is 0.0519. The Bertz CT molecular complexity index is 410. The van der Waals surface area contributed by atoms with Gasteiger partial charge in [0.05, 0.1) is 18.4 Å². The average Bonchev–Trinajstić information content (AvgIpc) is 2.41. The van der Waals surface area contributed by atoms with Gasteiger partial charge in [0.15, 0.2) is 0 Å². The Labute approximate surface area is 122 Å². The van der Waals surface area contributed by atoms with Crippen molar-refractivity contribution >= 4 is 11.5 Å². The molecule has 5 nitrogen and oxygen atoms in total. The summed E-state index contributed by atoms with van der Waals surface area (Å²) in [5.74, 6) is 1.38. The van der Waals surface area contributed by atoms with E-state index in [9.17, 15) is 0 Å². The van der Waals surface area contributed by atoms with Crippen molar-refractivity contribution < 1.29 is 9.47 Å². The number of nitrogens with zero attached hydrogens (tertiary/aromatic N) is 2. The summed E-state index contributed by atoms with van der Waals surface area (Å²) in [6.45, 7) is 9.72. The van der Waals surface area contributed by atoms with E-state index in [1.807, 2.05) is 26.0 Å². The number of anilines is 2. The second-order valence-corrected chi connectivity index (χ2v) is 5.17. The molecule has 5 heteroatoms. The third-order valence-corrected chi connectivity index (χ3v) is 3.18. The summed E-state index contributed by atoms with van der Waals surface area (Å²) in [5, 5.41) is 0. The monoisotopic (exact) mass is 281 g/mol. The highest BCUT2D eigenvalue weighted by molar-refractivity contribution is 5.55. The van der Waals surface area contributed by atoms with E-state index in [4.69, 9.17) is 15.2 Å². The Morgan fingerprint density at radius 2 is 2.00 bits per heavy atom. The molecule has 0 aliphatic rings. The van der Waals surface area contributed by atoms with Gasteiger partial charge in [0.1, 0.15) is 5.82 Å². The van der Waals surface area contributed by atoms with Crippen LogP contribution in [0.15, 0.2) is 12.1 Å². The first-order chi connectivity index (χ1) is 9.49. The number of aromatic nitrogens is 1. The van der Waals surface area contributed by atoms with Crippen molar-refractivity contribution in [2.24, 2.45) is 0 Å². The van der Waals surface area contributed by atoms with Gasteiger partial charge < -0.3 is 20.1 Å². The molecule has 2 N–H and O–H groups in total. The molecule has 1 atom stereocenters. The maximum absolute atomic E-state index is 5.92. The normalized spacial score (nSPS) is 12.5.